The summed E-state index contributed by atoms with van der Waals surface area (Å²) in [6.45, 7) is 6.35. The molecule has 2 aromatic rings. The number of amides is 1. The Labute approximate surface area is 156 Å². The fourth-order valence-electron chi connectivity index (χ4n) is 2.76. The van der Waals surface area contributed by atoms with Gasteiger partial charge in [0.15, 0.2) is 0 Å². The topological polar surface area (TPSA) is 53.3 Å². The molecule has 0 atom stereocenters. The van der Waals surface area contributed by atoms with E-state index in [1.165, 1.54) is 0 Å². The first-order valence-corrected chi connectivity index (χ1v) is 8.85. The summed E-state index contributed by atoms with van der Waals surface area (Å²) in [5.41, 5.74) is 1.69. The van der Waals surface area contributed by atoms with Gasteiger partial charge in [-0.3, -0.25) is 0 Å². The van der Waals surface area contributed by atoms with Gasteiger partial charge in [-0.2, -0.15) is 5.26 Å². The van der Waals surface area contributed by atoms with Gasteiger partial charge >= 0.3 is 6.09 Å². The zero-order chi connectivity index (χ0) is 19.0. The molecule has 0 aromatic heterocycles. The lowest BCUT2D eigenvalue weighted by molar-refractivity contribution is 0.0248. The number of hydrogen-bond donors (Lipinski definition) is 0. The van der Waals surface area contributed by atoms with Crippen molar-refractivity contribution in [2.24, 2.45) is 0 Å². The lowest BCUT2D eigenvalue weighted by Crippen LogP contribution is -2.39. The summed E-state index contributed by atoms with van der Waals surface area (Å²) in [5, 5.41) is 8.97. The van der Waals surface area contributed by atoms with Crippen LogP contribution in [0.5, 0.6) is 0 Å². The van der Waals surface area contributed by atoms with Crippen molar-refractivity contribution < 1.29 is 9.53 Å². The second kappa shape index (κ2) is 9.05. The van der Waals surface area contributed by atoms with E-state index < -0.39 is 5.60 Å². The number of rotatable bonds is 6. The lowest BCUT2D eigenvalue weighted by Gasteiger charge is -2.30. The zero-order valence-corrected chi connectivity index (χ0v) is 15.7. The van der Waals surface area contributed by atoms with Crippen LogP contribution in [0.25, 0.3) is 0 Å². The Morgan fingerprint density at radius 3 is 1.96 bits per heavy atom. The number of ether oxygens (including phenoxy) is 1. The van der Waals surface area contributed by atoms with Crippen LogP contribution in [-0.2, 0) is 4.74 Å². The predicted molar refractivity (Wildman–Crippen MR) is 103 cm³/mol. The summed E-state index contributed by atoms with van der Waals surface area (Å²) in [4.78, 5) is 14.3. The van der Waals surface area contributed by atoms with Gasteiger partial charge in [-0.25, -0.2) is 4.79 Å². The summed E-state index contributed by atoms with van der Waals surface area (Å²) in [6, 6.07) is 22.3. The van der Waals surface area contributed by atoms with E-state index >= 15 is 0 Å². The van der Waals surface area contributed by atoms with Crippen molar-refractivity contribution in [2.45, 2.75) is 38.7 Å². The molecule has 4 nitrogen and oxygen atoms in total. The van der Waals surface area contributed by atoms with Gasteiger partial charge in [-0.05, 0) is 31.9 Å². The van der Waals surface area contributed by atoms with Gasteiger partial charge in [0.1, 0.15) is 5.60 Å². The maximum Gasteiger partial charge on any atom is 0.410 e. The SMILES string of the molecule is CC(C)(C)OC(=O)N(CCC#N)CC(c1ccccc1)c1ccccc1. The van der Waals surface area contributed by atoms with Crippen molar-refractivity contribution in [3.63, 3.8) is 0 Å². The van der Waals surface area contributed by atoms with Crippen LogP contribution in [0.1, 0.15) is 44.2 Å². The normalized spacial score (nSPS) is 11.0. The maximum absolute atomic E-state index is 12.7. The number of nitrogens with zero attached hydrogens (tertiary/aromatic N) is 2. The summed E-state index contributed by atoms with van der Waals surface area (Å²) in [5.74, 6) is 0.0172. The van der Waals surface area contributed by atoms with Gasteiger partial charge in [0, 0.05) is 19.0 Å². The summed E-state index contributed by atoms with van der Waals surface area (Å²) >= 11 is 0. The number of hydrogen-bond acceptors (Lipinski definition) is 3. The number of carbonyl (C=O) groups excluding carboxylic acids is 1. The molecule has 0 aliphatic carbocycles. The largest absolute Gasteiger partial charge is 0.444 e. The fourth-order valence-corrected chi connectivity index (χ4v) is 2.76. The van der Waals surface area contributed by atoms with Gasteiger partial charge in [-0.1, -0.05) is 60.7 Å². The van der Waals surface area contributed by atoms with Gasteiger partial charge in [0.05, 0.1) is 12.5 Å². The zero-order valence-electron chi connectivity index (χ0n) is 15.7. The molecule has 0 fully saturated rings. The molecule has 1 amide bonds. The van der Waals surface area contributed by atoms with E-state index in [1.54, 1.807) is 4.90 Å². The minimum atomic E-state index is -0.572. The molecule has 136 valence electrons. The quantitative estimate of drug-likeness (QED) is 0.739. The van der Waals surface area contributed by atoms with Crippen LogP contribution in [0.3, 0.4) is 0 Å². The third-order valence-corrected chi connectivity index (χ3v) is 3.95. The van der Waals surface area contributed by atoms with Crippen LogP contribution in [0.15, 0.2) is 60.7 Å². The molecular formula is C22H26N2O2. The highest BCUT2D eigenvalue weighted by Crippen LogP contribution is 2.26. The predicted octanol–water partition coefficient (Wildman–Crippen LogP) is 4.97. The maximum atomic E-state index is 12.7. The Balaban J connectivity index is 2.30. The van der Waals surface area contributed by atoms with Crippen LogP contribution < -0.4 is 0 Å². The molecule has 0 spiro atoms. The average Bonchev–Trinajstić information content (AvgIpc) is 2.62. The van der Waals surface area contributed by atoms with Gasteiger partial charge in [-0.15, -0.1) is 0 Å². The van der Waals surface area contributed by atoms with Crippen LogP contribution in [0.4, 0.5) is 4.79 Å². The van der Waals surface area contributed by atoms with Crippen LogP contribution in [-0.4, -0.2) is 29.7 Å². The molecule has 0 unspecified atom stereocenters. The lowest BCUT2D eigenvalue weighted by atomic mass is 9.91. The van der Waals surface area contributed by atoms with Gasteiger partial charge < -0.3 is 9.64 Å². The molecule has 0 saturated carbocycles. The van der Waals surface area contributed by atoms with Gasteiger partial charge in [0.2, 0.25) is 0 Å². The highest BCUT2D eigenvalue weighted by atomic mass is 16.6. The first kappa shape index (κ1) is 19.5. The van der Waals surface area contributed by atoms with E-state index in [0.717, 1.165) is 11.1 Å². The molecule has 0 heterocycles. The second-order valence-corrected chi connectivity index (χ2v) is 7.21. The molecule has 0 aliphatic rings. The fraction of sp³-hybridized carbons (Fsp3) is 0.364. The second-order valence-electron chi connectivity index (χ2n) is 7.21. The molecule has 0 bridgehead atoms. The number of carbonyl (C=O) groups is 1. The van der Waals surface area contributed by atoms with Crippen molar-refractivity contribution in [3.8, 4) is 6.07 Å². The molecule has 0 saturated heterocycles. The van der Waals surface area contributed by atoms with E-state index in [0.29, 0.717) is 13.1 Å². The minimum absolute atomic E-state index is 0.0172. The van der Waals surface area contributed by atoms with Crippen LogP contribution in [0.2, 0.25) is 0 Å². The molecule has 0 aliphatic heterocycles. The Morgan fingerprint density at radius 2 is 1.54 bits per heavy atom. The van der Waals surface area contributed by atoms with E-state index in [9.17, 15) is 4.79 Å². The van der Waals surface area contributed by atoms with E-state index in [2.05, 4.69) is 30.3 Å². The van der Waals surface area contributed by atoms with E-state index in [-0.39, 0.29) is 18.4 Å². The Morgan fingerprint density at radius 1 is 1.04 bits per heavy atom. The number of benzene rings is 2. The molecule has 4 heteroatoms. The average molecular weight is 350 g/mol. The molecule has 0 N–H and O–H groups in total. The third kappa shape index (κ3) is 5.93. The standard InChI is InChI=1S/C22H26N2O2/c1-22(2,3)26-21(25)24(16-10-15-23)17-20(18-11-6-4-7-12-18)19-13-8-5-9-14-19/h4-9,11-14,20H,10,16-17H2,1-3H3. The smallest absolute Gasteiger partial charge is 0.410 e. The highest BCUT2D eigenvalue weighted by Gasteiger charge is 2.25. The Hall–Kier alpha value is -2.80. The van der Waals surface area contributed by atoms with Crippen LogP contribution >= 0.6 is 0 Å². The molecular weight excluding hydrogens is 324 g/mol. The van der Waals surface area contributed by atoms with E-state index in [1.807, 2.05) is 57.2 Å². The van der Waals surface area contributed by atoms with Crippen molar-refractivity contribution in [3.05, 3.63) is 71.8 Å². The number of nitriles is 1. The van der Waals surface area contributed by atoms with Gasteiger partial charge in [0.25, 0.3) is 0 Å². The van der Waals surface area contributed by atoms with Crippen molar-refractivity contribution in [1.29, 1.82) is 5.26 Å². The van der Waals surface area contributed by atoms with Crippen molar-refractivity contribution >= 4 is 6.09 Å². The minimum Gasteiger partial charge on any atom is -0.444 e. The molecule has 0 radical (unpaired) electrons. The van der Waals surface area contributed by atoms with Crippen molar-refractivity contribution in [1.82, 2.24) is 4.90 Å². The third-order valence-electron chi connectivity index (χ3n) is 3.95. The first-order chi connectivity index (χ1) is 12.4. The summed E-state index contributed by atoms with van der Waals surface area (Å²) in [6.07, 6.45) is -0.111. The Bertz CT molecular complexity index is 691. The summed E-state index contributed by atoms with van der Waals surface area (Å²) < 4.78 is 5.55. The van der Waals surface area contributed by atoms with E-state index in [4.69, 9.17) is 10.00 Å². The Kier molecular flexibility index (Phi) is 6.80. The highest BCUT2D eigenvalue weighted by molar-refractivity contribution is 5.68. The first-order valence-electron chi connectivity index (χ1n) is 8.85. The van der Waals surface area contributed by atoms with Crippen LogP contribution in [0, 0.1) is 11.3 Å². The summed E-state index contributed by atoms with van der Waals surface area (Å²) in [7, 11) is 0. The van der Waals surface area contributed by atoms with Crippen molar-refractivity contribution in [2.75, 3.05) is 13.1 Å². The monoisotopic (exact) mass is 350 g/mol. The molecule has 2 aromatic carbocycles. The molecule has 2 rings (SSSR count). The molecule has 26 heavy (non-hydrogen) atoms.